The maximum atomic E-state index is 12.9. The molecule has 0 radical (unpaired) electrons. The van der Waals surface area contributed by atoms with Crippen molar-refractivity contribution in [2.24, 2.45) is 11.1 Å². The summed E-state index contributed by atoms with van der Waals surface area (Å²) in [5.41, 5.74) is 0.957. The first-order valence-corrected chi connectivity index (χ1v) is 9.27. The van der Waals surface area contributed by atoms with Crippen LogP contribution in [0.2, 0.25) is 0 Å². The zero-order valence-corrected chi connectivity index (χ0v) is 14.5. The monoisotopic (exact) mass is 342 g/mol. The number of rotatable bonds is 4. The van der Waals surface area contributed by atoms with Gasteiger partial charge in [-0.1, -0.05) is 24.4 Å². The van der Waals surface area contributed by atoms with Gasteiger partial charge in [0.05, 0.1) is 5.71 Å². The number of piperidine rings is 1. The number of hydrogen-bond acceptors (Lipinski definition) is 3. The summed E-state index contributed by atoms with van der Waals surface area (Å²) in [7, 11) is 0. The zero-order valence-electron chi connectivity index (χ0n) is 14.5. The van der Waals surface area contributed by atoms with E-state index in [4.69, 9.17) is 4.84 Å². The Balaban J connectivity index is 1.46. The van der Waals surface area contributed by atoms with Gasteiger partial charge in [0.1, 0.15) is 5.60 Å². The fourth-order valence-electron chi connectivity index (χ4n) is 4.12. The Bertz CT molecular complexity index is 488. The molecule has 2 heterocycles. The maximum Gasteiger partial charge on any atom is 0.245 e. The van der Waals surface area contributed by atoms with Gasteiger partial charge in [0, 0.05) is 51.1 Å². The van der Waals surface area contributed by atoms with Crippen LogP contribution in [0.3, 0.4) is 0 Å². The largest absolute Gasteiger partial charge is 0.389 e. The number of alkyl halides is 2. The van der Waals surface area contributed by atoms with Gasteiger partial charge in [-0.05, 0) is 19.8 Å². The first kappa shape index (κ1) is 17.6. The van der Waals surface area contributed by atoms with Crippen LogP contribution in [0.1, 0.15) is 71.1 Å². The van der Waals surface area contributed by atoms with Gasteiger partial charge in [-0.25, -0.2) is 8.78 Å². The number of amides is 1. The van der Waals surface area contributed by atoms with Gasteiger partial charge in [-0.3, -0.25) is 4.79 Å². The highest BCUT2D eigenvalue weighted by molar-refractivity contribution is 5.88. The molecule has 1 spiro atoms. The van der Waals surface area contributed by atoms with Crippen molar-refractivity contribution in [2.45, 2.75) is 82.7 Å². The molecule has 0 aromatic rings. The Hall–Kier alpha value is -1.20. The summed E-state index contributed by atoms with van der Waals surface area (Å²) in [4.78, 5) is 19.6. The predicted octanol–water partition coefficient (Wildman–Crippen LogP) is 4.14. The van der Waals surface area contributed by atoms with E-state index >= 15 is 0 Å². The van der Waals surface area contributed by atoms with Gasteiger partial charge in [-0.15, -0.1) is 0 Å². The number of carbonyl (C=O) groups excluding carboxylic acids is 1. The molecular weight excluding hydrogens is 314 g/mol. The van der Waals surface area contributed by atoms with E-state index in [0.29, 0.717) is 19.0 Å². The highest BCUT2D eigenvalue weighted by Crippen LogP contribution is 2.39. The lowest BCUT2D eigenvalue weighted by molar-refractivity contribution is -0.138. The summed E-state index contributed by atoms with van der Waals surface area (Å²) in [5.74, 6) is -2.37. The van der Waals surface area contributed by atoms with Gasteiger partial charge < -0.3 is 9.74 Å². The Morgan fingerprint density at radius 2 is 1.96 bits per heavy atom. The van der Waals surface area contributed by atoms with E-state index in [2.05, 4.69) is 5.16 Å². The summed E-state index contributed by atoms with van der Waals surface area (Å²) in [5, 5.41) is 4.39. The lowest BCUT2D eigenvalue weighted by Gasteiger charge is -2.37. The molecule has 0 N–H and O–H groups in total. The number of likely N-dealkylation sites (tertiary alicyclic amines) is 1. The van der Waals surface area contributed by atoms with Gasteiger partial charge in [0.15, 0.2) is 0 Å². The quantitative estimate of drug-likeness (QED) is 0.770. The molecule has 0 atom stereocenters. The summed E-state index contributed by atoms with van der Waals surface area (Å²) in [6.45, 7) is 2.03. The molecule has 3 rings (SSSR count). The molecule has 2 fully saturated rings. The SMILES string of the molecule is CC(F)(F)CCC(=O)N1CCC2(CC1)CC(C1CCCCC1)=NO2. The number of hydrogen-bond donors (Lipinski definition) is 0. The summed E-state index contributed by atoms with van der Waals surface area (Å²) < 4.78 is 25.8. The van der Waals surface area contributed by atoms with E-state index in [1.807, 2.05) is 0 Å². The maximum absolute atomic E-state index is 12.9. The van der Waals surface area contributed by atoms with Crippen molar-refractivity contribution in [3.8, 4) is 0 Å². The summed E-state index contributed by atoms with van der Waals surface area (Å²) in [6, 6.07) is 0. The molecule has 0 bridgehead atoms. The lowest BCUT2D eigenvalue weighted by atomic mass is 9.79. The highest BCUT2D eigenvalue weighted by Gasteiger charge is 2.44. The Kier molecular flexibility index (Phi) is 5.11. The van der Waals surface area contributed by atoms with Crippen molar-refractivity contribution in [1.82, 2.24) is 4.90 Å². The molecule has 1 amide bonds. The van der Waals surface area contributed by atoms with Crippen molar-refractivity contribution in [3.05, 3.63) is 0 Å². The van der Waals surface area contributed by atoms with Crippen molar-refractivity contribution < 1.29 is 18.4 Å². The van der Waals surface area contributed by atoms with Crippen LogP contribution in [0.4, 0.5) is 8.78 Å². The Morgan fingerprint density at radius 1 is 1.29 bits per heavy atom. The molecule has 0 aromatic carbocycles. The molecule has 2 aliphatic heterocycles. The minimum absolute atomic E-state index is 0.0822. The Labute approximate surface area is 142 Å². The average molecular weight is 342 g/mol. The molecular formula is C18H28F2N2O2. The van der Waals surface area contributed by atoms with Crippen LogP contribution in [0.25, 0.3) is 0 Å². The van der Waals surface area contributed by atoms with Crippen LogP contribution in [0, 0.1) is 5.92 Å². The molecule has 6 heteroatoms. The molecule has 0 unspecified atom stereocenters. The lowest BCUT2D eigenvalue weighted by Crippen LogP contribution is -2.47. The summed E-state index contributed by atoms with van der Waals surface area (Å²) in [6.07, 6.45) is 8.24. The predicted molar refractivity (Wildman–Crippen MR) is 88.1 cm³/mol. The third kappa shape index (κ3) is 4.25. The third-order valence-electron chi connectivity index (χ3n) is 5.74. The average Bonchev–Trinajstić information content (AvgIpc) is 2.97. The number of halogens is 2. The van der Waals surface area contributed by atoms with Crippen LogP contribution in [0.15, 0.2) is 5.16 Å². The normalized spacial score (nSPS) is 24.8. The van der Waals surface area contributed by atoms with Crippen molar-refractivity contribution in [1.29, 1.82) is 0 Å². The van der Waals surface area contributed by atoms with Crippen LogP contribution in [0.5, 0.6) is 0 Å². The van der Waals surface area contributed by atoms with Gasteiger partial charge in [0.25, 0.3) is 0 Å². The number of nitrogens with zero attached hydrogens (tertiary/aromatic N) is 2. The van der Waals surface area contributed by atoms with E-state index in [0.717, 1.165) is 26.2 Å². The second-order valence-corrected chi connectivity index (χ2v) is 7.82. The van der Waals surface area contributed by atoms with Crippen LogP contribution in [-0.2, 0) is 9.63 Å². The third-order valence-corrected chi connectivity index (χ3v) is 5.74. The minimum atomic E-state index is -2.77. The Morgan fingerprint density at radius 3 is 2.58 bits per heavy atom. The summed E-state index contributed by atoms with van der Waals surface area (Å²) >= 11 is 0. The van der Waals surface area contributed by atoms with Gasteiger partial charge in [0.2, 0.25) is 11.8 Å². The van der Waals surface area contributed by atoms with Gasteiger partial charge >= 0.3 is 0 Å². The first-order chi connectivity index (χ1) is 11.4. The number of oxime groups is 1. The number of carbonyl (C=O) groups is 1. The van der Waals surface area contributed by atoms with Crippen molar-refractivity contribution in [3.63, 3.8) is 0 Å². The molecule has 1 saturated carbocycles. The van der Waals surface area contributed by atoms with Gasteiger partial charge in [-0.2, -0.15) is 0 Å². The minimum Gasteiger partial charge on any atom is -0.389 e. The van der Waals surface area contributed by atoms with E-state index in [9.17, 15) is 13.6 Å². The molecule has 24 heavy (non-hydrogen) atoms. The molecule has 4 nitrogen and oxygen atoms in total. The molecule has 1 saturated heterocycles. The van der Waals surface area contributed by atoms with Crippen LogP contribution >= 0.6 is 0 Å². The topological polar surface area (TPSA) is 41.9 Å². The van der Waals surface area contributed by atoms with E-state index in [-0.39, 0.29) is 24.3 Å². The highest BCUT2D eigenvalue weighted by atomic mass is 19.3. The fourth-order valence-corrected chi connectivity index (χ4v) is 4.12. The second-order valence-electron chi connectivity index (χ2n) is 7.82. The van der Waals surface area contributed by atoms with E-state index < -0.39 is 5.92 Å². The smallest absolute Gasteiger partial charge is 0.245 e. The zero-order chi connectivity index (χ0) is 17.2. The first-order valence-electron chi connectivity index (χ1n) is 9.27. The molecule has 1 aliphatic carbocycles. The molecule has 0 aromatic heterocycles. The second kappa shape index (κ2) is 6.96. The fraction of sp³-hybridized carbons (Fsp3) is 0.889. The molecule has 3 aliphatic rings. The van der Waals surface area contributed by atoms with E-state index in [1.54, 1.807) is 4.90 Å². The van der Waals surface area contributed by atoms with Crippen LogP contribution < -0.4 is 0 Å². The van der Waals surface area contributed by atoms with Crippen molar-refractivity contribution in [2.75, 3.05) is 13.1 Å². The van der Waals surface area contributed by atoms with Crippen LogP contribution in [-0.4, -0.2) is 41.1 Å². The standard InChI is InChI=1S/C18H28F2N2O2/c1-17(19,20)8-7-16(23)22-11-9-18(10-12-22)13-15(21-24-18)14-5-3-2-4-6-14/h14H,2-13H2,1H3. The van der Waals surface area contributed by atoms with E-state index in [1.165, 1.54) is 37.8 Å². The van der Waals surface area contributed by atoms with Crippen molar-refractivity contribution >= 4 is 11.6 Å². The molecule has 136 valence electrons.